The van der Waals surface area contributed by atoms with Crippen LogP contribution in [0, 0.1) is 6.92 Å². The van der Waals surface area contributed by atoms with Crippen LogP contribution in [0.15, 0.2) is 51.7 Å². The Balaban J connectivity index is 1.99. The van der Waals surface area contributed by atoms with Crippen molar-refractivity contribution in [3.63, 3.8) is 0 Å². The van der Waals surface area contributed by atoms with Crippen molar-refractivity contribution >= 4 is 40.1 Å². The largest absolute Gasteiger partial charge is 0.465 e. The van der Waals surface area contributed by atoms with Crippen LogP contribution < -0.4 is 10.7 Å². The predicted molar refractivity (Wildman–Crippen MR) is 98.0 cm³/mol. The standard InChI is InChI=1S/C19H14ClNO5/c1-10-6-7-11(19(24)25-2)8-14(10)21-18(23)16-9-15(22)12-4-3-5-13(20)17(12)26-16/h3-9H,1-2H3,(H,21,23). The molecule has 0 radical (unpaired) electrons. The first-order chi connectivity index (χ1) is 12.4. The molecule has 0 atom stereocenters. The SMILES string of the molecule is COC(=O)c1ccc(C)c(NC(=O)c2cc(=O)c3cccc(Cl)c3o2)c1. The van der Waals surface area contributed by atoms with Gasteiger partial charge in [0.25, 0.3) is 5.91 Å². The summed E-state index contributed by atoms with van der Waals surface area (Å²) >= 11 is 6.05. The molecule has 0 aliphatic rings. The van der Waals surface area contributed by atoms with Crippen LogP contribution in [0.5, 0.6) is 0 Å². The van der Waals surface area contributed by atoms with Crippen LogP contribution in [-0.4, -0.2) is 19.0 Å². The van der Waals surface area contributed by atoms with E-state index >= 15 is 0 Å². The topological polar surface area (TPSA) is 85.6 Å². The highest BCUT2D eigenvalue weighted by Crippen LogP contribution is 2.23. The molecule has 1 aromatic heterocycles. The van der Waals surface area contributed by atoms with Crippen molar-refractivity contribution in [2.24, 2.45) is 0 Å². The van der Waals surface area contributed by atoms with Gasteiger partial charge in [0.2, 0.25) is 0 Å². The third kappa shape index (κ3) is 3.32. The summed E-state index contributed by atoms with van der Waals surface area (Å²) < 4.78 is 10.2. The van der Waals surface area contributed by atoms with E-state index in [-0.39, 0.29) is 32.7 Å². The number of esters is 1. The second-order valence-electron chi connectivity index (χ2n) is 5.57. The molecule has 0 saturated heterocycles. The first-order valence-electron chi connectivity index (χ1n) is 7.63. The molecule has 1 heterocycles. The number of ether oxygens (including phenoxy) is 1. The fraction of sp³-hybridized carbons (Fsp3) is 0.105. The number of halogens is 1. The first kappa shape index (κ1) is 17.7. The molecule has 0 aliphatic carbocycles. The lowest BCUT2D eigenvalue weighted by molar-refractivity contribution is 0.0600. The summed E-state index contributed by atoms with van der Waals surface area (Å²) in [6.07, 6.45) is 0. The zero-order valence-electron chi connectivity index (χ0n) is 14.0. The maximum absolute atomic E-state index is 12.5. The van der Waals surface area contributed by atoms with E-state index in [0.717, 1.165) is 11.6 Å². The molecule has 7 heteroatoms. The number of para-hydroxylation sites is 1. The lowest BCUT2D eigenvalue weighted by Gasteiger charge is -2.10. The number of nitrogens with one attached hydrogen (secondary N) is 1. The fourth-order valence-electron chi connectivity index (χ4n) is 2.44. The number of methoxy groups -OCH3 is 1. The summed E-state index contributed by atoms with van der Waals surface area (Å²) in [5.74, 6) is -1.34. The predicted octanol–water partition coefficient (Wildman–Crippen LogP) is 3.79. The van der Waals surface area contributed by atoms with Gasteiger partial charge in [-0.15, -0.1) is 0 Å². The summed E-state index contributed by atoms with van der Waals surface area (Å²) in [6, 6.07) is 10.6. The van der Waals surface area contributed by atoms with Crippen molar-refractivity contribution in [2.45, 2.75) is 6.92 Å². The van der Waals surface area contributed by atoms with E-state index in [1.807, 2.05) is 0 Å². The second kappa shape index (κ2) is 7.01. The first-order valence-corrected chi connectivity index (χ1v) is 8.01. The molecule has 3 aromatic rings. The van der Waals surface area contributed by atoms with E-state index in [1.165, 1.54) is 13.2 Å². The minimum Gasteiger partial charge on any atom is -0.465 e. The van der Waals surface area contributed by atoms with Crippen molar-refractivity contribution in [1.29, 1.82) is 0 Å². The highest BCUT2D eigenvalue weighted by molar-refractivity contribution is 6.34. The Hall–Kier alpha value is -3.12. The quantitative estimate of drug-likeness (QED) is 0.708. The molecule has 2 aromatic carbocycles. The van der Waals surface area contributed by atoms with Gasteiger partial charge in [-0.05, 0) is 36.8 Å². The van der Waals surface area contributed by atoms with Crippen LogP contribution in [0.4, 0.5) is 5.69 Å². The summed E-state index contributed by atoms with van der Waals surface area (Å²) in [5, 5.41) is 3.16. The highest BCUT2D eigenvalue weighted by atomic mass is 35.5. The Kier molecular flexibility index (Phi) is 4.77. The number of anilines is 1. The Morgan fingerprint density at radius 1 is 1.15 bits per heavy atom. The van der Waals surface area contributed by atoms with E-state index in [9.17, 15) is 14.4 Å². The Morgan fingerprint density at radius 3 is 2.65 bits per heavy atom. The smallest absolute Gasteiger partial charge is 0.337 e. The Bertz CT molecular complexity index is 1090. The molecular formula is C19H14ClNO5. The van der Waals surface area contributed by atoms with Gasteiger partial charge >= 0.3 is 5.97 Å². The normalized spacial score (nSPS) is 10.6. The number of amides is 1. The maximum atomic E-state index is 12.5. The molecular weight excluding hydrogens is 358 g/mol. The van der Waals surface area contributed by atoms with Crippen molar-refractivity contribution < 1.29 is 18.7 Å². The monoisotopic (exact) mass is 371 g/mol. The molecule has 1 amide bonds. The van der Waals surface area contributed by atoms with Gasteiger partial charge in [-0.25, -0.2) is 4.79 Å². The number of benzene rings is 2. The number of aryl methyl sites for hydroxylation is 1. The molecule has 26 heavy (non-hydrogen) atoms. The van der Waals surface area contributed by atoms with Crippen molar-refractivity contribution in [2.75, 3.05) is 12.4 Å². The molecule has 0 fully saturated rings. The van der Waals surface area contributed by atoms with Gasteiger partial charge in [0.05, 0.1) is 23.1 Å². The third-order valence-corrected chi connectivity index (χ3v) is 4.13. The number of carbonyl (C=O) groups excluding carboxylic acids is 2. The minimum absolute atomic E-state index is 0.145. The number of rotatable bonds is 3. The van der Waals surface area contributed by atoms with Crippen LogP contribution in [0.3, 0.4) is 0 Å². The summed E-state index contributed by atoms with van der Waals surface area (Å²) in [4.78, 5) is 36.4. The lowest BCUT2D eigenvalue weighted by atomic mass is 10.1. The fourth-order valence-corrected chi connectivity index (χ4v) is 2.65. The number of hydrogen-bond acceptors (Lipinski definition) is 5. The van der Waals surface area contributed by atoms with E-state index < -0.39 is 11.9 Å². The molecule has 0 aliphatic heterocycles. The van der Waals surface area contributed by atoms with Crippen molar-refractivity contribution in [3.8, 4) is 0 Å². The van der Waals surface area contributed by atoms with Crippen LogP contribution >= 0.6 is 11.6 Å². The number of fused-ring (bicyclic) bond motifs is 1. The van der Waals surface area contributed by atoms with E-state index in [2.05, 4.69) is 10.1 Å². The lowest BCUT2D eigenvalue weighted by Crippen LogP contribution is -2.16. The molecule has 132 valence electrons. The summed E-state index contributed by atoms with van der Waals surface area (Å²) in [6.45, 7) is 1.77. The zero-order chi connectivity index (χ0) is 18.8. The van der Waals surface area contributed by atoms with Crippen LogP contribution in [-0.2, 0) is 4.74 Å². The molecule has 3 rings (SSSR count). The Labute approximate surface area is 153 Å². The molecule has 1 N–H and O–H groups in total. The van der Waals surface area contributed by atoms with Crippen LogP contribution in [0.2, 0.25) is 5.02 Å². The van der Waals surface area contributed by atoms with Gasteiger partial charge < -0.3 is 14.5 Å². The number of hydrogen-bond donors (Lipinski definition) is 1. The zero-order valence-corrected chi connectivity index (χ0v) is 14.7. The van der Waals surface area contributed by atoms with Crippen molar-refractivity contribution in [3.05, 3.63) is 74.6 Å². The number of carbonyl (C=O) groups is 2. The molecule has 6 nitrogen and oxygen atoms in total. The van der Waals surface area contributed by atoms with Gasteiger partial charge in [0, 0.05) is 11.8 Å². The average molecular weight is 372 g/mol. The maximum Gasteiger partial charge on any atom is 0.337 e. The highest BCUT2D eigenvalue weighted by Gasteiger charge is 2.16. The summed E-state index contributed by atoms with van der Waals surface area (Å²) in [5.41, 5.74) is 1.19. The van der Waals surface area contributed by atoms with Gasteiger partial charge in [0.1, 0.15) is 0 Å². The van der Waals surface area contributed by atoms with E-state index in [0.29, 0.717) is 5.69 Å². The van der Waals surface area contributed by atoms with Crippen LogP contribution in [0.1, 0.15) is 26.5 Å². The molecule has 0 saturated carbocycles. The van der Waals surface area contributed by atoms with Gasteiger partial charge in [-0.3, -0.25) is 9.59 Å². The summed E-state index contributed by atoms with van der Waals surface area (Å²) in [7, 11) is 1.27. The van der Waals surface area contributed by atoms with Crippen LogP contribution in [0.25, 0.3) is 11.0 Å². The van der Waals surface area contributed by atoms with Crippen molar-refractivity contribution in [1.82, 2.24) is 0 Å². The van der Waals surface area contributed by atoms with Gasteiger partial charge in [-0.2, -0.15) is 0 Å². The molecule has 0 bridgehead atoms. The average Bonchev–Trinajstić information content (AvgIpc) is 2.63. The minimum atomic E-state index is -0.631. The van der Waals surface area contributed by atoms with E-state index in [1.54, 1.807) is 37.3 Å². The van der Waals surface area contributed by atoms with Gasteiger partial charge in [0.15, 0.2) is 16.8 Å². The third-order valence-electron chi connectivity index (χ3n) is 3.84. The van der Waals surface area contributed by atoms with E-state index in [4.69, 9.17) is 16.0 Å². The van der Waals surface area contributed by atoms with Gasteiger partial charge in [-0.1, -0.05) is 23.7 Å². The molecule has 0 unspecified atom stereocenters. The second-order valence-corrected chi connectivity index (χ2v) is 5.97. The Morgan fingerprint density at radius 2 is 1.92 bits per heavy atom. The molecule has 0 spiro atoms.